The van der Waals surface area contributed by atoms with Crippen molar-refractivity contribution in [3.63, 3.8) is 0 Å². The molecule has 8 nitrogen and oxygen atoms in total. The van der Waals surface area contributed by atoms with E-state index >= 15 is 0 Å². The van der Waals surface area contributed by atoms with Gasteiger partial charge in [0, 0.05) is 18.5 Å². The second-order valence-corrected chi connectivity index (χ2v) is 7.87. The molecule has 32 heavy (non-hydrogen) atoms. The lowest BCUT2D eigenvalue weighted by atomic mass is 10.2. The molecule has 2 N–H and O–H groups in total. The zero-order chi connectivity index (χ0) is 22.5. The van der Waals surface area contributed by atoms with Gasteiger partial charge in [-0.05, 0) is 29.8 Å². The fourth-order valence-corrected chi connectivity index (χ4v) is 3.74. The molecule has 9 heteroatoms. The van der Waals surface area contributed by atoms with Gasteiger partial charge in [0.1, 0.15) is 17.0 Å². The smallest absolute Gasteiger partial charge is 0.263 e. The average molecular weight is 449 g/mol. The summed E-state index contributed by atoms with van der Waals surface area (Å²) in [4.78, 5) is 40.9. The number of hydrogen-bond donors (Lipinski definition) is 2. The van der Waals surface area contributed by atoms with E-state index < -0.39 is 5.91 Å². The van der Waals surface area contributed by atoms with E-state index in [1.807, 2.05) is 30.3 Å². The lowest BCUT2D eigenvalue weighted by Crippen LogP contribution is -2.29. The molecule has 0 aliphatic heterocycles. The second-order valence-electron chi connectivity index (χ2n) is 7.01. The fourth-order valence-electron chi connectivity index (χ4n) is 3.05. The van der Waals surface area contributed by atoms with Crippen molar-refractivity contribution in [2.24, 2.45) is 0 Å². The maximum Gasteiger partial charge on any atom is 0.263 e. The van der Waals surface area contributed by atoms with Gasteiger partial charge in [0.25, 0.3) is 11.5 Å². The number of thiazole rings is 1. The molecule has 0 spiro atoms. The highest BCUT2D eigenvalue weighted by Gasteiger charge is 2.16. The Balaban J connectivity index is 1.46. The molecule has 4 aromatic rings. The van der Waals surface area contributed by atoms with Crippen LogP contribution in [0.1, 0.15) is 28.6 Å². The molecule has 4 rings (SSSR count). The Kier molecular flexibility index (Phi) is 6.27. The number of aromatic nitrogens is 2. The summed E-state index contributed by atoms with van der Waals surface area (Å²) >= 11 is 1.23. The van der Waals surface area contributed by atoms with E-state index in [2.05, 4.69) is 15.6 Å². The SMILES string of the molecule is CC(=O)NCc1ccc(-c2csc(NC(=O)c3cccn(Cc4ccccc4)c3=O)n2)o1. The first-order valence-electron chi connectivity index (χ1n) is 9.83. The first-order chi connectivity index (χ1) is 15.5. The number of carbonyl (C=O) groups excluding carboxylic acids is 2. The molecule has 0 radical (unpaired) electrons. The van der Waals surface area contributed by atoms with Crippen LogP contribution in [0.5, 0.6) is 0 Å². The van der Waals surface area contributed by atoms with Gasteiger partial charge < -0.3 is 14.3 Å². The topological polar surface area (TPSA) is 106 Å². The maximum absolute atomic E-state index is 12.8. The van der Waals surface area contributed by atoms with Gasteiger partial charge in [-0.2, -0.15) is 0 Å². The van der Waals surface area contributed by atoms with Gasteiger partial charge >= 0.3 is 0 Å². The van der Waals surface area contributed by atoms with Gasteiger partial charge in [-0.3, -0.25) is 19.7 Å². The molecule has 0 bridgehead atoms. The minimum atomic E-state index is -0.524. The highest BCUT2D eigenvalue weighted by atomic mass is 32.1. The summed E-state index contributed by atoms with van der Waals surface area (Å²) in [6.07, 6.45) is 1.66. The Morgan fingerprint density at radius 2 is 1.91 bits per heavy atom. The van der Waals surface area contributed by atoms with Crippen molar-refractivity contribution >= 4 is 28.3 Å². The molecule has 0 saturated carbocycles. The quantitative estimate of drug-likeness (QED) is 0.450. The van der Waals surface area contributed by atoms with E-state index in [9.17, 15) is 14.4 Å². The normalized spacial score (nSPS) is 10.7. The number of nitrogens with one attached hydrogen (secondary N) is 2. The largest absolute Gasteiger partial charge is 0.458 e. The molecular weight excluding hydrogens is 428 g/mol. The highest BCUT2D eigenvalue weighted by Crippen LogP contribution is 2.26. The number of hydrogen-bond acceptors (Lipinski definition) is 6. The summed E-state index contributed by atoms with van der Waals surface area (Å²) in [6, 6.07) is 16.2. The molecule has 3 heterocycles. The minimum absolute atomic E-state index is 0.0378. The molecule has 0 saturated heterocycles. The van der Waals surface area contributed by atoms with Crippen molar-refractivity contribution in [1.29, 1.82) is 0 Å². The number of carbonyl (C=O) groups is 2. The summed E-state index contributed by atoms with van der Waals surface area (Å²) in [6.45, 7) is 2.09. The van der Waals surface area contributed by atoms with Crippen molar-refractivity contribution < 1.29 is 14.0 Å². The van der Waals surface area contributed by atoms with E-state index in [0.717, 1.165) is 5.56 Å². The Hall–Kier alpha value is -3.98. The molecule has 0 aliphatic rings. The van der Waals surface area contributed by atoms with E-state index in [1.165, 1.54) is 28.9 Å². The Bertz CT molecular complexity index is 1310. The van der Waals surface area contributed by atoms with Gasteiger partial charge in [0.15, 0.2) is 10.9 Å². The summed E-state index contributed by atoms with van der Waals surface area (Å²) in [5.41, 5.74) is 1.18. The van der Waals surface area contributed by atoms with Crippen molar-refractivity contribution in [1.82, 2.24) is 14.9 Å². The van der Waals surface area contributed by atoms with E-state index in [1.54, 1.807) is 29.8 Å². The van der Waals surface area contributed by atoms with Crippen LogP contribution >= 0.6 is 11.3 Å². The van der Waals surface area contributed by atoms with Crippen LogP contribution < -0.4 is 16.2 Å². The third-order valence-corrected chi connectivity index (χ3v) is 5.37. The lowest BCUT2D eigenvalue weighted by molar-refractivity contribution is -0.119. The summed E-state index contributed by atoms with van der Waals surface area (Å²) < 4.78 is 7.17. The first kappa shape index (κ1) is 21.3. The molecule has 0 unspecified atom stereocenters. The van der Waals surface area contributed by atoms with Crippen LogP contribution in [0.25, 0.3) is 11.5 Å². The summed E-state index contributed by atoms with van der Waals surface area (Å²) in [5, 5.41) is 7.44. The number of nitrogens with zero attached hydrogens (tertiary/aromatic N) is 2. The van der Waals surface area contributed by atoms with Gasteiger partial charge in [-0.1, -0.05) is 30.3 Å². The van der Waals surface area contributed by atoms with Crippen LogP contribution in [0.3, 0.4) is 0 Å². The number of rotatable bonds is 7. The van der Waals surface area contributed by atoms with E-state index in [4.69, 9.17) is 4.42 Å². The Labute approximate surface area is 187 Å². The maximum atomic E-state index is 12.8. The number of furan rings is 1. The molecule has 1 aromatic carbocycles. The van der Waals surface area contributed by atoms with Crippen LogP contribution in [-0.2, 0) is 17.9 Å². The first-order valence-corrected chi connectivity index (χ1v) is 10.7. The van der Waals surface area contributed by atoms with Crippen LogP contribution in [0.15, 0.2) is 75.4 Å². The van der Waals surface area contributed by atoms with Gasteiger partial charge in [-0.15, -0.1) is 11.3 Å². The predicted octanol–water partition coefficient (Wildman–Crippen LogP) is 3.50. The molecule has 0 aliphatic carbocycles. The molecule has 162 valence electrons. The van der Waals surface area contributed by atoms with Crippen molar-refractivity contribution in [2.45, 2.75) is 20.0 Å². The number of anilines is 1. The third-order valence-electron chi connectivity index (χ3n) is 4.61. The van der Waals surface area contributed by atoms with Crippen LogP contribution in [0.4, 0.5) is 5.13 Å². The summed E-state index contributed by atoms with van der Waals surface area (Å²) in [7, 11) is 0. The van der Waals surface area contributed by atoms with Gasteiger partial charge in [0.2, 0.25) is 5.91 Å². The van der Waals surface area contributed by atoms with Gasteiger partial charge in [0.05, 0.1) is 13.1 Å². The van der Waals surface area contributed by atoms with Crippen LogP contribution in [0.2, 0.25) is 0 Å². The van der Waals surface area contributed by atoms with Crippen molar-refractivity contribution in [3.8, 4) is 11.5 Å². The summed E-state index contributed by atoms with van der Waals surface area (Å²) in [5.74, 6) is 0.443. The van der Waals surface area contributed by atoms with Crippen LogP contribution in [0, 0.1) is 0 Å². The molecule has 2 amide bonds. The number of benzene rings is 1. The van der Waals surface area contributed by atoms with E-state index in [0.29, 0.717) is 28.9 Å². The molecule has 3 aromatic heterocycles. The van der Waals surface area contributed by atoms with Gasteiger partial charge in [-0.25, -0.2) is 4.98 Å². The molecule has 0 fully saturated rings. The number of pyridine rings is 1. The second kappa shape index (κ2) is 9.44. The Morgan fingerprint density at radius 3 is 2.69 bits per heavy atom. The highest BCUT2D eigenvalue weighted by molar-refractivity contribution is 7.14. The molecular formula is C23H20N4O4S. The average Bonchev–Trinajstić information content (AvgIpc) is 3.44. The zero-order valence-corrected chi connectivity index (χ0v) is 18.0. The monoisotopic (exact) mass is 448 g/mol. The van der Waals surface area contributed by atoms with Crippen molar-refractivity contribution in [3.05, 3.63) is 93.4 Å². The number of amides is 2. The lowest BCUT2D eigenvalue weighted by Gasteiger charge is -2.08. The fraction of sp³-hybridized carbons (Fsp3) is 0.130. The zero-order valence-electron chi connectivity index (χ0n) is 17.2. The third kappa shape index (κ3) is 5.01. The Morgan fingerprint density at radius 1 is 1.09 bits per heavy atom. The predicted molar refractivity (Wildman–Crippen MR) is 122 cm³/mol. The van der Waals surface area contributed by atoms with Crippen LogP contribution in [-0.4, -0.2) is 21.4 Å². The minimum Gasteiger partial charge on any atom is -0.458 e. The van der Waals surface area contributed by atoms with Crippen molar-refractivity contribution in [2.75, 3.05) is 5.32 Å². The standard InChI is InChI=1S/C23H20N4O4S/c1-15(28)24-12-17-9-10-20(31-17)19-14-32-23(25-19)26-21(29)18-8-5-11-27(22(18)30)13-16-6-3-2-4-7-16/h2-11,14H,12-13H2,1H3,(H,24,28)(H,25,26,29). The van der Waals surface area contributed by atoms with E-state index in [-0.39, 0.29) is 23.6 Å². The molecule has 0 atom stereocenters.